The van der Waals surface area contributed by atoms with Gasteiger partial charge in [-0.1, -0.05) is 45.9 Å². The smallest absolute Gasteiger partial charge is 0.193 e. The summed E-state index contributed by atoms with van der Waals surface area (Å²) in [6, 6.07) is 14.0. The van der Waals surface area contributed by atoms with Gasteiger partial charge in [-0.2, -0.15) is 0 Å². The maximum Gasteiger partial charge on any atom is 0.193 e. The molecule has 0 aliphatic rings. The lowest BCUT2D eigenvalue weighted by atomic mass is 9.92. The van der Waals surface area contributed by atoms with E-state index in [2.05, 4.69) is 50.1 Å². The number of benzene rings is 2. The van der Waals surface area contributed by atoms with E-state index in [4.69, 9.17) is 10.5 Å². The molecule has 2 aromatic rings. The Hall–Kier alpha value is -2.49. The number of hydrogen-bond donors (Lipinski definition) is 2. The second-order valence-corrected chi connectivity index (χ2v) is 8.49. The van der Waals surface area contributed by atoms with Gasteiger partial charge in [-0.15, -0.1) is 0 Å². The summed E-state index contributed by atoms with van der Waals surface area (Å²) in [6.45, 7) is 14.8. The van der Waals surface area contributed by atoms with Crippen molar-refractivity contribution in [1.82, 2.24) is 0 Å². The van der Waals surface area contributed by atoms with Crippen LogP contribution in [0.25, 0.3) is 0 Å². The van der Waals surface area contributed by atoms with Crippen molar-refractivity contribution in [2.24, 2.45) is 10.7 Å². The van der Waals surface area contributed by atoms with E-state index in [1.807, 2.05) is 51.1 Å². The van der Waals surface area contributed by atoms with Crippen molar-refractivity contribution in [2.75, 3.05) is 5.32 Å². The predicted octanol–water partition coefficient (Wildman–Crippen LogP) is 6.25. The van der Waals surface area contributed by atoms with Gasteiger partial charge < -0.3 is 15.8 Å². The molecule has 0 atom stereocenters. The summed E-state index contributed by atoms with van der Waals surface area (Å²) in [5.74, 6) is 2.73. The molecule has 0 spiro atoms. The van der Waals surface area contributed by atoms with Crippen LogP contribution in [0.5, 0.6) is 11.5 Å². The number of nitrogens with two attached hydrogens (primary N) is 1. The second-order valence-electron chi connectivity index (χ2n) is 8.49. The summed E-state index contributed by atoms with van der Waals surface area (Å²) in [4.78, 5) is 4.55. The standard InChI is InChI=1S/C23H33N3O/c1-15(2)19-13-18(27-17-11-9-8-10-12-17)14-20(16(3)4)21(19)25-22(24)26-23(5,6)7/h8-16H,1-7H3,(H3,24,25,26). The summed E-state index contributed by atoms with van der Waals surface area (Å²) in [5, 5.41) is 3.36. The SMILES string of the molecule is CC(C)c1cc(Oc2ccccc2)cc(C(C)C)c1NC(N)=NC(C)(C)C. The zero-order chi connectivity index (χ0) is 20.2. The van der Waals surface area contributed by atoms with Crippen LogP contribution in [0.4, 0.5) is 5.69 Å². The third-order valence-electron chi connectivity index (χ3n) is 4.10. The van der Waals surface area contributed by atoms with Gasteiger partial charge >= 0.3 is 0 Å². The minimum Gasteiger partial charge on any atom is -0.457 e. The molecule has 146 valence electrons. The third kappa shape index (κ3) is 6.02. The number of nitrogens with zero attached hydrogens (tertiary/aromatic N) is 1. The molecule has 2 aromatic carbocycles. The van der Waals surface area contributed by atoms with Crippen molar-refractivity contribution in [3.8, 4) is 11.5 Å². The maximum absolute atomic E-state index is 6.20. The molecule has 3 N–H and O–H groups in total. The van der Waals surface area contributed by atoms with Gasteiger partial charge in [0.2, 0.25) is 0 Å². The highest BCUT2D eigenvalue weighted by molar-refractivity contribution is 5.94. The molecule has 0 fully saturated rings. The fourth-order valence-electron chi connectivity index (χ4n) is 2.92. The monoisotopic (exact) mass is 367 g/mol. The Kier molecular flexibility index (Phi) is 6.53. The minimum absolute atomic E-state index is 0.233. The molecule has 0 saturated carbocycles. The van der Waals surface area contributed by atoms with E-state index in [0.29, 0.717) is 17.8 Å². The van der Waals surface area contributed by atoms with Crippen LogP contribution in [-0.4, -0.2) is 11.5 Å². The van der Waals surface area contributed by atoms with Gasteiger partial charge in [0, 0.05) is 5.69 Å². The summed E-state index contributed by atoms with van der Waals surface area (Å²) >= 11 is 0. The molecule has 0 amide bonds. The van der Waals surface area contributed by atoms with Crippen molar-refractivity contribution in [3.63, 3.8) is 0 Å². The highest BCUT2D eigenvalue weighted by Crippen LogP contribution is 2.37. The average molecular weight is 368 g/mol. The largest absolute Gasteiger partial charge is 0.457 e. The summed E-state index contributed by atoms with van der Waals surface area (Å²) < 4.78 is 6.11. The van der Waals surface area contributed by atoms with Crippen molar-refractivity contribution in [3.05, 3.63) is 53.6 Å². The number of nitrogens with one attached hydrogen (secondary N) is 1. The number of anilines is 1. The Morgan fingerprint density at radius 1 is 0.926 bits per heavy atom. The Balaban J connectivity index is 2.50. The summed E-state index contributed by atoms with van der Waals surface area (Å²) in [5.41, 5.74) is 9.33. The molecule has 27 heavy (non-hydrogen) atoms. The lowest BCUT2D eigenvalue weighted by Crippen LogP contribution is -2.28. The second kappa shape index (κ2) is 8.47. The van der Waals surface area contributed by atoms with Crippen molar-refractivity contribution in [1.29, 1.82) is 0 Å². The molecule has 0 unspecified atom stereocenters. The van der Waals surface area contributed by atoms with Crippen LogP contribution in [0.15, 0.2) is 47.5 Å². The third-order valence-corrected chi connectivity index (χ3v) is 4.10. The van der Waals surface area contributed by atoms with Crippen LogP contribution in [0.1, 0.15) is 71.4 Å². The fourth-order valence-corrected chi connectivity index (χ4v) is 2.92. The first kappa shape index (κ1) is 20.8. The summed E-state index contributed by atoms with van der Waals surface area (Å²) in [6.07, 6.45) is 0. The lowest BCUT2D eigenvalue weighted by molar-refractivity contribution is 0.480. The van der Waals surface area contributed by atoms with E-state index in [1.54, 1.807) is 0 Å². The van der Waals surface area contributed by atoms with E-state index in [9.17, 15) is 0 Å². The first-order chi connectivity index (χ1) is 12.6. The maximum atomic E-state index is 6.20. The first-order valence-electron chi connectivity index (χ1n) is 9.60. The van der Waals surface area contributed by atoms with Crippen molar-refractivity contribution < 1.29 is 4.74 Å². The molecule has 4 nitrogen and oxygen atoms in total. The van der Waals surface area contributed by atoms with E-state index in [0.717, 1.165) is 17.2 Å². The first-order valence-corrected chi connectivity index (χ1v) is 9.60. The van der Waals surface area contributed by atoms with Gasteiger partial charge in [-0.25, -0.2) is 4.99 Å². The molecular weight excluding hydrogens is 334 g/mol. The molecule has 0 heterocycles. The van der Waals surface area contributed by atoms with E-state index in [1.165, 1.54) is 11.1 Å². The topological polar surface area (TPSA) is 59.6 Å². The van der Waals surface area contributed by atoms with Crippen LogP contribution in [-0.2, 0) is 0 Å². The van der Waals surface area contributed by atoms with E-state index >= 15 is 0 Å². The number of aliphatic imine (C=N–C) groups is 1. The van der Waals surface area contributed by atoms with Gasteiger partial charge in [-0.3, -0.25) is 0 Å². The van der Waals surface area contributed by atoms with E-state index < -0.39 is 0 Å². The molecule has 0 saturated heterocycles. The average Bonchev–Trinajstić information content (AvgIpc) is 2.54. The zero-order valence-corrected chi connectivity index (χ0v) is 17.6. The number of rotatable bonds is 5. The number of hydrogen-bond acceptors (Lipinski definition) is 2. The Labute approximate surface area is 163 Å². The Bertz CT molecular complexity index is 758. The van der Waals surface area contributed by atoms with Crippen LogP contribution in [0, 0.1) is 0 Å². The molecule has 0 radical (unpaired) electrons. The normalized spacial score (nSPS) is 12.6. The zero-order valence-electron chi connectivity index (χ0n) is 17.6. The highest BCUT2D eigenvalue weighted by Gasteiger charge is 2.18. The van der Waals surface area contributed by atoms with Crippen LogP contribution >= 0.6 is 0 Å². The number of ether oxygens (including phenoxy) is 1. The van der Waals surface area contributed by atoms with Gasteiger partial charge in [-0.05, 0) is 68.0 Å². The minimum atomic E-state index is -0.233. The number of guanidine groups is 1. The fraction of sp³-hybridized carbons (Fsp3) is 0.435. The molecule has 4 heteroatoms. The highest BCUT2D eigenvalue weighted by atomic mass is 16.5. The van der Waals surface area contributed by atoms with E-state index in [-0.39, 0.29) is 5.54 Å². The number of para-hydroxylation sites is 1. The Morgan fingerprint density at radius 2 is 1.44 bits per heavy atom. The quantitative estimate of drug-likeness (QED) is 0.485. The van der Waals surface area contributed by atoms with Crippen molar-refractivity contribution in [2.45, 2.75) is 65.8 Å². The summed E-state index contributed by atoms with van der Waals surface area (Å²) in [7, 11) is 0. The van der Waals surface area contributed by atoms with Gasteiger partial charge in [0.15, 0.2) is 5.96 Å². The molecular formula is C23H33N3O. The van der Waals surface area contributed by atoms with Crippen LogP contribution in [0.3, 0.4) is 0 Å². The van der Waals surface area contributed by atoms with Gasteiger partial charge in [0.1, 0.15) is 11.5 Å². The van der Waals surface area contributed by atoms with Gasteiger partial charge in [0.05, 0.1) is 5.54 Å². The molecule has 0 aliphatic carbocycles. The Morgan fingerprint density at radius 3 is 1.89 bits per heavy atom. The molecule has 0 aromatic heterocycles. The molecule has 0 bridgehead atoms. The molecule has 0 aliphatic heterocycles. The lowest BCUT2D eigenvalue weighted by Gasteiger charge is -2.23. The van der Waals surface area contributed by atoms with Crippen LogP contribution in [0.2, 0.25) is 0 Å². The van der Waals surface area contributed by atoms with Gasteiger partial charge in [0.25, 0.3) is 0 Å². The van der Waals surface area contributed by atoms with Crippen molar-refractivity contribution >= 4 is 11.6 Å². The van der Waals surface area contributed by atoms with Crippen LogP contribution < -0.4 is 15.8 Å². The predicted molar refractivity (Wildman–Crippen MR) is 116 cm³/mol. The molecule has 2 rings (SSSR count).